The van der Waals surface area contributed by atoms with Crippen molar-refractivity contribution in [1.29, 1.82) is 5.41 Å². The van der Waals surface area contributed by atoms with Crippen LogP contribution in [-0.2, 0) is 10.3 Å². The minimum Gasteiger partial charge on any atom is -0.344 e. The minimum atomic E-state index is -0.651. The number of hydrogen-bond acceptors (Lipinski definition) is 4. The van der Waals surface area contributed by atoms with Crippen molar-refractivity contribution in [2.75, 3.05) is 7.05 Å². The maximum atomic E-state index is 12.0. The highest BCUT2D eigenvalue weighted by atomic mass is 35.5. The van der Waals surface area contributed by atoms with Gasteiger partial charge in [0.05, 0.1) is 16.8 Å². The number of aromatic nitrogens is 1. The second kappa shape index (κ2) is 5.37. The van der Waals surface area contributed by atoms with Gasteiger partial charge in [0.25, 0.3) is 0 Å². The van der Waals surface area contributed by atoms with E-state index in [-0.39, 0.29) is 18.3 Å². The van der Waals surface area contributed by atoms with Gasteiger partial charge in [0.2, 0.25) is 5.91 Å². The summed E-state index contributed by atoms with van der Waals surface area (Å²) in [5, 5.41) is 12.4. The molecule has 7 heteroatoms. The highest BCUT2D eigenvalue weighted by Gasteiger charge is 2.40. The maximum absolute atomic E-state index is 12.0. The maximum Gasteiger partial charge on any atom is 0.231 e. The van der Waals surface area contributed by atoms with Crippen molar-refractivity contribution < 1.29 is 4.79 Å². The lowest BCUT2D eigenvalue weighted by molar-refractivity contribution is -0.129. The van der Waals surface area contributed by atoms with Crippen molar-refractivity contribution in [3.8, 4) is 10.4 Å². The van der Waals surface area contributed by atoms with E-state index in [1.54, 1.807) is 13.2 Å². The smallest absolute Gasteiger partial charge is 0.231 e. The van der Waals surface area contributed by atoms with Crippen molar-refractivity contribution in [2.24, 2.45) is 0 Å². The minimum absolute atomic E-state index is 0.0919. The number of thiazole rings is 1. The summed E-state index contributed by atoms with van der Waals surface area (Å²) < 4.78 is 0. The van der Waals surface area contributed by atoms with E-state index in [1.807, 2.05) is 31.2 Å². The first-order valence-electron chi connectivity index (χ1n) is 6.74. The van der Waals surface area contributed by atoms with Crippen LogP contribution in [0.2, 0.25) is 5.02 Å². The number of amides is 1. The van der Waals surface area contributed by atoms with Gasteiger partial charge in [0.1, 0.15) is 5.01 Å². The monoisotopic (exact) mass is 334 g/mol. The van der Waals surface area contributed by atoms with Gasteiger partial charge in [-0.2, -0.15) is 0 Å². The fourth-order valence-corrected chi connectivity index (χ4v) is 3.57. The molecule has 1 amide bonds. The molecule has 1 aliphatic rings. The van der Waals surface area contributed by atoms with E-state index in [9.17, 15) is 4.79 Å². The Bertz CT molecular complexity index is 740. The molecule has 1 saturated heterocycles. The number of carbonyl (C=O) groups is 1. The third-order valence-corrected chi connectivity index (χ3v) is 5.24. The Morgan fingerprint density at radius 1 is 1.50 bits per heavy atom. The average molecular weight is 335 g/mol. The predicted molar refractivity (Wildman–Crippen MR) is 88.2 cm³/mol. The van der Waals surface area contributed by atoms with Crippen LogP contribution < -0.4 is 5.32 Å². The van der Waals surface area contributed by atoms with Crippen molar-refractivity contribution >= 4 is 34.8 Å². The Kier molecular flexibility index (Phi) is 3.66. The zero-order valence-corrected chi connectivity index (χ0v) is 13.8. The van der Waals surface area contributed by atoms with E-state index in [4.69, 9.17) is 17.0 Å². The molecule has 0 spiro atoms. The molecule has 0 saturated carbocycles. The molecule has 1 aromatic heterocycles. The summed E-state index contributed by atoms with van der Waals surface area (Å²) in [6.45, 7) is 1.90. The number of nitrogens with zero attached hydrogens (tertiary/aromatic N) is 2. The topological polar surface area (TPSA) is 69.1 Å². The van der Waals surface area contributed by atoms with Gasteiger partial charge in [0, 0.05) is 18.3 Å². The van der Waals surface area contributed by atoms with Gasteiger partial charge in [-0.25, -0.2) is 4.98 Å². The van der Waals surface area contributed by atoms with Crippen LogP contribution in [0.1, 0.15) is 18.4 Å². The number of carbonyl (C=O) groups excluding carboxylic acids is 1. The summed E-state index contributed by atoms with van der Waals surface area (Å²) >= 11 is 7.53. The summed E-state index contributed by atoms with van der Waals surface area (Å²) in [5.74, 6) is 0.00371. The van der Waals surface area contributed by atoms with Crippen molar-refractivity contribution in [1.82, 2.24) is 15.2 Å². The molecule has 1 fully saturated rings. The highest BCUT2D eigenvalue weighted by molar-refractivity contribution is 7.15. The molecule has 22 heavy (non-hydrogen) atoms. The van der Waals surface area contributed by atoms with E-state index in [1.165, 1.54) is 16.2 Å². The molecule has 0 radical (unpaired) electrons. The molecule has 0 unspecified atom stereocenters. The van der Waals surface area contributed by atoms with Gasteiger partial charge in [-0.1, -0.05) is 23.7 Å². The van der Waals surface area contributed by atoms with Crippen LogP contribution >= 0.6 is 22.9 Å². The molecule has 2 heterocycles. The number of benzene rings is 1. The number of rotatable bonds is 2. The Balaban J connectivity index is 1.93. The molecule has 1 atom stereocenters. The fourth-order valence-electron chi connectivity index (χ4n) is 2.37. The SMILES string of the molecule is CN1C(=N)N[C@](C)(c2ncc(-c3cccc(Cl)c3)s2)CC1=O. The lowest BCUT2D eigenvalue weighted by Crippen LogP contribution is -2.58. The zero-order valence-electron chi connectivity index (χ0n) is 12.2. The second-order valence-corrected chi connectivity index (χ2v) is 6.94. The van der Waals surface area contributed by atoms with Crippen molar-refractivity contribution in [3.63, 3.8) is 0 Å². The Morgan fingerprint density at radius 3 is 2.95 bits per heavy atom. The van der Waals surface area contributed by atoms with Crippen LogP contribution in [0.25, 0.3) is 10.4 Å². The zero-order chi connectivity index (χ0) is 15.9. The average Bonchev–Trinajstić information content (AvgIpc) is 2.95. The molecule has 3 rings (SSSR count). The number of guanidine groups is 1. The lowest BCUT2D eigenvalue weighted by atomic mass is 9.96. The molecular weight excluding hydrogens is 320 g/mol. The number of halogens is 1. The predicted octanol–water partition coefficient (Wildman–Crippen LogP) is 3.07. The molecule has 5 nitrogen and oxygen atoms in total. The summed E-state index contributed by atoms with van der Waals surface area (Å²) in [5.41, 5.74) is 0.344. The highest BCUT2D eigenvalue weighted by Crippen LogP contribution is 2.36. The van der Waals surface area contributed by atoms with E-state index in [0.29, 0.717) is 5.02 Å². The normalized spacial score (nSPS) is 21.9. The third-order valence-electron chi connectivity index (χ3n) is 3.70. The van der Waals surface area contributed by atoms with Gasteiger partial charge >= 0.3 is 0 Å². The van der Waals surface area contributed by atoms with E-state index in [0.717, 1.165) is 15.4 Å². The first-order valence-corrected chi connectivity index (χ1v) is 7.94. The second-order valence-electron chi connectivity index (χ2n) is 5.48. The molecule has 114 valence electrons. The molecular formula is C15H15ClN4OS. The van der Waals surface area contributed by atoms with Crippen LogP contribution in [0.4, 0.5) is 0 Å². The van der Waals surface area contributed by atoms with E-state index >= 15 is 0 Å². The molecule has 0 aliphatic carbocycles. The standard InChI is InChI=1S/C15H15ClN4OS/c1-15(7-12(21)20(2)14(17)19-15)13-18-8-11(22-13)9-4-3-5-10(16)6-9/h3-6,8H,7H2,1-2H3,(H2,17,19)/t15-/m0/s1. The van der Waals surface area contributed by atoms with Crippen LogP contribution in [-0.4, -0.2) is 28.8 Å². The number of hydrogen-bond donors (Lipinski definition) is 2. The molecule has 1 aliphatic heterocycles. The molecule has 2 aromatic rings. The largest absolute Gasteiger partial charge is 0.344 e. The molecule has 0 bridgehead atoms. The quantitative estimate of drug-likeness (QED) is 0.886. The fraction of sp³-hybridized carbons (Fsp3) is 0.267. The first-order chi connectivity index (χ1) is 10.4. The van der Waals surface area contributed by atoms with Crippen LogP contribution in [0.3, 0.4) is 0 Å². The number of nitrogens with one attached hydrogen (secondary N) is 2. The third kappa shape index (κ3) is 2.60. The summed E-state index contributed by atoms with van der Waals surface area (Å²) in [7, 11) is 1.59. The Labute approximate surface area is 137 Å². The molecule has 2 N–H and O–H groups in total. The van der Waals surface area contributed by atoms with Crippen molar-refractivity contribution in [2.45, 2.75) is 18.9 Å². The first kappa shape index (κ1) is 15.0. The van der Waals surface area contributed by atoms with Gasteiger partial charge < -0.3 is 5.32 Å². The van der Waals surface area contributed by atoms with Crippen molar-refractivity contribution in [3.05, 3.63) is 40.5 Å². The van der Waals surface area contributed by atoms with Gasteiger partial charge in [-0.3, -0.25) is 15.1 Å². The van der Waals surface area contributed by atoms with E-state index < -0.39 is 5.54 Å². The van der Waals surface area contributed by atoms with Crippen LogP contribution in [0.15, 0.2) is 30.5 Å². The molecule has 1 aromatic carbocycles. The summed E-state index contributed by atoms with van der Waals surface area (Å²) in [6.07, 6.45) is 2.05. The Morgan fingerprint density at radius 2 is 2.27 bits per heavy atom. The van der Waals surface area contributed by atoms with Gasteiger partial charge in [0.15, 0.2) is 5.96 Å². The van der Waals surface area contributed by atoms with Gasteiger partial charge in [-0.15, -0.1) is 11.3 Å². The van der Waals surface area contributed by atoms with Crippen LogP contribution in [0, 0.1) is 5.41 Å². The lowest BCUT2D eigenvalue weighted by Gasteiger charge is -2.37. The summed E-state index contributed by atoms with van der Waals surface area (Å²) in [4.78, 5) is 18.8. The summed E-state index contributed by atoms with van der Waals surface area (Å²) in [6, 6.07) is 7.58. The van der Waals surface area contributed by atoms with Gasteiger partial charge in [-0.05, 0) is 24.6 Å². The van der Waals surface area contributed by atoms with E-state index in [2.05, 4.69) is 10.3 Å². The van der Waals surface area contributed by atoms with Crippen LogP contribution in [0.5, 0.6) is 0 Å². The Hall–Kier alpha value is -1.92.